The second kappa shape index (κ2) is 6.33. The zero-order valence-corrected chi connectivity index (χ0v) is 12.9. The summed E-state index contributed by atoms with van der Waals surface area (Å²) in [7, 11) is 1.72. The van der Waals surface area contributed by atoms with Crippen molar-refractivity contribution in [2.45, 2.75) is 50.2 Å². The molecule has 0 heterocycles. The van der Waals surface area contributed by atoms with Crippen molar-refractivity contribution in [3.05, 3.63) is 34.1 Å². The summed E-state index contributed by atoms with van der Waals surface area (Å²) in [4.78, 5) is 0. The van der Waals surface area contributed by atoms with Gasteiger partial charge in [-0.25, -0.2) is 4.39 Å². The van der Waals surface area contributed by atoms with Crippen LogP contribution in [0.4, 0.5) is 4.39 Å². The predicted octanol–water partition coefficient (Wildman–Crippen LogP) is 3.81. The van der Waals surface area contributed by atoms with Crippen LogP contribution in [-0.2, 0) is 11.2 Å². The number of ether oxygens (including phenoxy) is 1. The molecule has 2 nitrogen and oxygen atoms in total. The van der Waals surface area contributed by atoms with Crippen LogP contribution in [0, 0.1) is 5.82 Å². The molecule has 106 valence electrons. The van der Waals surface area contributed by atoms with Gasteiger partial charge in [0.25, 0.3) is 0 Å². The van der Waals surface area contributed by atoms with Crippen molar-refractivity contribution in [2.75, 3.05) is 7.11 Å². The molecule has 0 bridgehead atoms. The van der Waals surface area contributed by atoms with Crippen LogP contribution in [0.5, 0.6) is 0 Å². The summed E-state index contributed by atoms with van der Waals surface area (Å²) in [6.45, 7) is 0. The monoisotopic (exact) mass is 329 g/mol. The standard InChI is InChI=1S/C15H21BrFNO/c1-19-15(7-3-2-4-8-15)14(18)10-11-9-12(16)5-6-13(11)17/h5-6,9,14H,2-4,7-8,10,18H2,1H3. The Hall–Kier alpha value is -0.450. The van der Waals surface area contributed by atoms with Gasteiger partial charge >= 0.3 is 0 Å². The van der Waals surface area contributed by atoms with Crippen molar-refractivity contribution in [1.29, 1.82) is 0 Å². The van der Waals surface area contributed by atoms with E-state index in [-0.39, 0.29) is 17.5 Å². The van der Waals surface area contributed by atoms with E-state index in [0.717, 1.165) is 30.2 Å². The molecule has 0 amide bonds. The summed E-state index contributed by atoms with van der Waals surface area (Å²) >= 11 is 3.37. The van der Waals surface area contributed by atoms with Gasteiger partial charge in [-0.3, -0.25) is 0 Å². The molecule has 1 aromatic carbocycles. The fourth-order valence-electron chi connectivity index (χ4n) is 3.00. The zero-order valence-electron chi connectivity index (χ0n) is 11.3. The van der Waals surface area contributed by atoms with E-state index in [1.165, 1.54) is 12.5 Å². The Labute approximate surface area is 122 Å². The molecule has 19 heavy (non-hydrogen) atoms. The van der Waals surface area contributed by atoms with Crippen LogP contribution in [0.2, 0.25) is 0 Å². The van der Waals surface area contributed by atoms with Gasteiger partial charge in [0, 0.05) is 17.6 Å². The Morgan fingerprint density at radius 2 is 2.05 bits per heavy atom. The largest absolute Gasteiger partial charge is 0.377 e. The SMILES string of the molecule is COC1(C(N)Cc2cc(Br)ccc2F)CCCCC1. The van der Waals surface area contributed by atoms with Gasteiger partial charge in [-0.1, -0.05) is 35.2 Å². The first-order chi connectivity index (χ1) is 9.07. The van der Waals surface area contributed by atoms with Crippen molar-refractivity contribution in [3.63, 3.8) is 0 Å². The Morgan fingerprint density at radius 3 is 2.68 bits per heavy atom. The third-order valence-electron chi connectivity index (χ3n) is 4.23. The minimum absolute atomic E-state index is 0.165. The molecule has 2 rings (SSSR count). The van der Waals surface area contributed by atoms with E-state index in [2.05, 4.69) is 15.9 Å². The lowest BCUT2D eigenvalue weighted by Gasteiger charge is -2.41. The van der Waals surface area contributed by atoms with Crippen molar-refractivity contribution >= 4 is 15.9 Å². The van der Waals surface area contributed by atoms with Crippen molar-refractivity contribution < 1.29 is 9.13 Å². The van der Waals surface area contributed by atoms with Crippen LogP contribution in [-0.4, -0.2) is 18.8 Å². The van der Waals surface area contributed by atoms with E-state index in [9.17, 15) is 4.39 Å². The number of methoxy groups -OCH3 is 1. The van der Waals surface area contributed by atoms with Gasteiger partial charge in [-0.2, -0.15) is 0 Å². The number of nitrogens with two attached hydrogens (primary N) is 1. The van der Waals surface area contributed by atoms with E-state index < -0.39 is 0 Å². The highest BCUT2D eigenvalue weighted by Crippen LogP contribution is 2.34. The summed E-state index contributed by atoms with van der Waals surface area (Å²) in [5.41, 5.74) is 6.71. The molecule has 0 radical (unpaired) electrons. The molecule has 1 aliphatic carbocycles. The highest BCUT2D eigenvalue weighted by molar-refractivity contribution is 9.10. The average Bonchev–Trinajstić information content (AvgIpc) is 2.43. The number of benzene rings is 1. The number of halogens is 2. The van der Waals surface area contributed by atoms with E-state index in [4.69, 9.17) is 10.5 Å². The fourth-order valence-corrected chi connectivity index (χ4v) is 3.41. The smallest absolute Gasteiger partial charge is 0.126 e. The van der Waals surface area contributed by atoms with E-state index in [0.29, 0.717) is 12.0 Å². The van der Waals surface area contributed by atoms with Crippen LogP contribution in [0.1, 0.15) is 37.7 Å². The first-order valence-electron chi connectivity index (χ1n) is 6.82. The quantitative estimate of drug-likeness (QED) is 0.911. The lowest BCUT2D eigenvalue weighted by Crippen LogP contribution is -2.52. The van der Waals surface area contributed by atoms with Crippen LogP contribution >= 0.6 is 15.9 Å². The van der Waals surface area contributed by atoms with E-state index >= 15 is 0 Å². The van der Waals surface area contributed by atoms with Crippen LogP contribution in [0.25, 0.3) is 0 Å². The Morgan fingerprint density at radius 1 is 1.37 bits per heavy atom. The number of hydrogen-bond donors (Lipinski definition) is 1. The lowest BCUT2D eigenvalue weighted by molar-refractivity contribution is -0.0584. The van der Waals surface area contributed by atoms with Crippen LogP contribution in [0.3, 0.4) is 0 Å². The highest BCUT2D eigenvalue weighted by Gasteiger charge is 2.38. The molecule has 1 unspecified atom stereocenters. The maximum absolute atomic E-state index is 13.8. The summed E-state index contributed by atoms with van der Waals surface area (Å²) in [6.07, 6.45) is 5.98. The van der Waals surface area contributed by atoms with Gasteiger partial charge in [-0.15, -0.1) is 0 Å². The van der Waals surface area contributed by atoms with E-state index in [1.54, 1.807) is 19.2 Å². The molecule has 0 saturated heterocycles. The average molecular weight is 330 g/mol. The maximum Gasteiger partial charge on any atom is 0.126 e. The molecular formula is C15H21BrFNO. The number of hydrogen-bond acceptors (Lipinski definition) is 2. The molecule has 2 N–H and O–H groups in total. The molecule has 0 aliphatic heterocycles. The molecule has 0 aromatic heterocycles. The first kappa shape index (κ1) is 14.9. The van der Waals surface area contributed by atoms with E-state index in [1.807, 2.05) is 0 Å². The topological polar surface area (TPSA) is 35.2 Å². The predicted molar refractivity (Wildman–Crippen MR) is 78.6 cm³/mol. The van der Waals surface area contributed by atoms with Crippen LogP contribution < -0.4 is 5.73 Å². The molecule has 0 spiro atoms. The molecule has 1 saturated carbocycles. The molecule has 1 aromatic rings. The van der Waals surface area contributed by atoms with Crippen LogP contribution in [0.15, 0.2) is 22.7 Å². The zero-order chi connectivity index (χ0) is 13.9. The van der Waals surface area contributed by atoms with Gasteiger partial charge in [0.05, 0.1) is 5.60 Å². The summed E-state index contributed by atoms with van der Waals surface area (Å²) in [5.74, 6) is -0.194. The summed E-state index contributed by atoms with van der Waals surface area (Å²) < 4.78 is 20.4. The molecule has 1 atom stereocenters. The first-order valence-corrected chi connectivity index (χ1v) is 7.61. The maximum atomic E-state index is 13.8. The van der Waals surface area contributed by atoms with Gasteiger partial charge in [0.2, 0.25) is 0 Å². The fraction of sp³-hybridized carbons (Fsp3) is 0.600. The highest BCUT2D eigenvalue weighted by atomic mass is 79.9. The second-order valence-electron chi connectivity index (χ2n) is 5.38. The minimum atomic E-state index is -0.285. The van der Waals surface area contributed by atoms with Gasteiger partial charge < -0.3 is 10.5 Å². The van der Waals surface area contributed by atoms with Gasteiger partial charge in [-0.05, 0) is 43.0 Å². The Balaban J connectivity index is 2.14. The lowest BCUT2D eigenvalue weighted by atomic mass is 9.77. The summed E-state index contributed by atoms with van der Waals surface area (Å²) in [5, 5.41) is 0. The molecular weight excluding hydrogens is 309 g/mol. The minimum Gasteiger partial charge on any atom is -0.377 e. The van der Waals surface area contributed by atoms with Gasteiger partial charge in [0.1, 0.15) is 5.82 Å². The second-order valence-corrected chi connectivity index (χ2v) is 6.29. The number of rotatable bonds is 4. The van der Waals surface area contributed by atoms with Crippen molar-refractivity contribution in [3.8, 4) is 0 Å². The molecule has 1 fully saturated rings. The molecule has 4 heteroatoms. The summed E-state index contributed by atoms with van der Waals surface area (Å²) in [6, 6.07) is 4.83. The normalized spacial score (nSPS) is 20.2. The molecule has 1 aliphatic rings. The van der Waals surface area contributed by atoms with Crippen molar-refractivity contribution in [1.82, 2.24) is 0 Å². The van der Waals surface area contributed by atoms with Gasteiger partial charge in [0.15, 0.2) is 0 Å². The third-order valence-corrected chi connectivity index (χ3v) is 4.72. The Bertz CT molecular complexity index is 432. The van der Waals surface area contributed by atoms with Crippen molar-refractivity contribution in [2.24, 2.45) is 5.73 Å². The third kappa shape index (κ3) is 3.36. The Kier molecular flexibility index (Phi) is 4.98.